The van der Waals surface area contributed by atoms with Crippen LogP contribution in [0.1, 0.15) is 25.0 Å². The van der Waals surface area contributed by atoms with Gasteiger partial charge in [0.1, 0.15) is 24.1 Å². The first kappa shape index (κ1) is 21.5. The lowest BCUT2D eigenvalue weighted by molar-refractivity contribution is -0.117. The van der Waals surface area contributed by atoms with Gasteiger partial charge in [-0.1, -0.05) is 28.1 Å². The zero-order valence-electron chi connectivity index (χ0n) is 15.8. The Morgan fingerprint density at radius 3 is 2.54 bits per heavy atom. The molecule has 0 aliphatic carbocycles. The van der Waals surface area contributed by atoms with Gasteiger partial charge < -0.3 is 14.8 Å². The lowest BCUT2D eigenvalue weighted by atomic mass is 10.1. The zero-order chi connectivity index (χ0) is 20.7. The summed E-state index contributed by atoms with van der Waals surface area (Å²) in [5.41, 5.74) is 1.39. The average molecular weight is 447 g/mol. The molecule has 0 aliphatic heterocycles. The minimum Gasteiger partial charge on any atom is -0.493 e. The van der Waals surface area contributed by atoms with Crippen molar-refractivity contribution < 1.29 is 18.7 Å². The van der Waals surface area contributed by atoms with Crippen LogP contribution in [0.15, 0.2) is 46.4 Å². The number of hydrogen-bond acceptors (Lipinski definition) is 4. The van der Waals surface area contributed by atoms with E-state index in [2.05, 4.69) is 21.2 Å². The van der Waals surface area contributed by atoms with Gasteiger partial charge in [0, 0.05) is 10.5 Å². The number of halogens is 2. The molecule has 28 heavy (non-hydrogen) atoms. The molecule has 7 heteroatoms. The van der Waals surface area contributed by atoms with E-state index in [4.69, 9.17) is 9.47 Å². The van der Waals surface area contributed by atoms with Gasteiger partial charge in [0.2, 0.25) is 0 Å². The largest absolute Gasteiger partial charge is 0.493 e. The number of amides is 1. The number of hydrogen-bond donors (Lipinski definition) is 1. The molecule has 0 saturated carbocycles. The summed E-state index contributed by atoms with van der Waals surface area (Å²) >= 11 is 3.43. The quantitative estimate of drug-likeness (QED) is 0.497. The van der Waals surface area contributed by atoms with E-state index < -0.39 is 5.91 Å². The Hall–Kier alpha value is -2.85. The molecule has 0 bridgehead atoms. The normalized spacial score (nSPS) is 11.1. The Morgan fingerprint density at radius 2 is 1.96 bits per heavy atom. The Bertz CT molecular complexity index is 918. The number of rotatable bonds is 7. The van der Waals surface area contributed by atoms with Gasteiger partial charge in [0.25, 0.3) is 5.91 Å². The summed E-state index contributed by atoms with van der Waals surface area (Å²) in [6.45, 7) is 3.87. The molecule has 2 rings (SSSR count). The molecule has 146 valence electrons. The standard InChI is InChI=1S/C21H20BrFN2O3/c1-13(2)25-21(26)16(11-24)8-15-9-19(27-3)20(10-18(15)22)28-12-14-4-6-17(23)7-5-14/h4-10,13H,12H2,1-3H3,(H,25,26)/b16-8-. The monoisotopic (exact) mass is 446 g/mol. The number of benzene rings is 2. The second kappa shape index (κ2) is 9.90. The van der Waals surface area contributed by atoms with Gasteiger partial charge in [0.15, 0.2) is 11.5 Å². The number of nitrogens with zero attached hydrogens (tertiary/aromatic N) is 1. The van der Waals surface area contributed by atoms with Crippen LogP contribution in [0.2, 0.25) is 0 Å². The van der Waals surface area contributed by atoms with Crippen LogP contribution in [0.5, 0.6) is 11.5 Å². The van der Waals surface area contributed by atoms with Gasteiger partial charge in [0.05, 0.1) is 7.11 Å². The smallest absolute Gasteiger partial charge is 0.262 e. The predicted molar refractivity (Wildman–Crippen MR) is 108 cm³/mol. The molecule has 0 spiro atoms. The van der Waals surface area contributed by atoms with Gasteiger partial charge in [-0.15, -0.1) is 0 Å². The van der Waals surface area contributed by atoms with Gasteiger partial charge in [-0.05, 0) is 55.3 Å². The highest BCUT2D eigenvalue weighted by molar-refractivity contribution is 9.10. The van der Waals surface area contributed by atoms with E-state index in [-0.39, 0.29) is 24.0 Å². The van der Waals surface area contributed by atoms with Crippen LogP contribution in [0, 0.1) is 17.1 Å². The highest BCUT2D eigenvalue weighted by Crippen LogP contribution is 2.35. The summed E-state index contributed by atoms with van der Waals surface area (Å²) < 4.78 is 24.8. The number of nitriles is 1. The van der Waals surface area contributed by atoms with Crippen molar-refractivity contribution in [1.82, 2.24) is 5.32 Å². The molecule has 5 nitrogen and oxygen atoms in total. The van der Waals surface area contributed by atoms with E-state index in [1.54, 1.807) is 24.3 Å². The van der Waals surface area contributed by atoms with E-state index >= 15 is 0 Å². The predicted octanol–water partition coefficient (Wildman–Crippen LogP) is 4.61. The fraction of sp³-hybridized carbons (Fsp3) is 0.238. The molecular formula is C21H20BrFN2O3. The van der Waals surface area contributed by atoms with Crippen LogP contribution in [0.4, 0.5) is 4.39 Å². The summed E-state index contributed by atoms with van der Waals surface area (Å²) in [6, 6.07) is 11.2. The molecular weight excluding hydrogens is 427 g/mol. The van der Waals surface area contributed by atoms with Gasteiger partial charge in [-0.25, -0.2) is 4.39 Å². The molecule has 0 atom stereocenters. The number of carbonyl (C=O) groups excluding carboxylic acids is 1. The Kier molecular flexibility index (Phi) is 7.59. The first-order valence-electron chi connectivity index (χ1n) is 8.51. The number of nitrogens with one attached hydrogen (secondary N) is 1. The molecule has 2 aromatic carbocycles. The van der Waals surface area contributed by atoms with E-state index in [1.807, 2.05) is 19.9 Å². The van der Waals surface area contributed by atoms with Crippen LogP contribution in [0.3, 0.4) is 0 Å². The van der Waals surface area contributed by atoms with Crippen molar-refractivity contribution in [1.29, 1.82) is 5.26 Å². The first-order chi connectivity index (χ1) is 13.3. The van der Waals surface area contributed by atoms with Crippen LogP contribution in [-0.2, 0) is 11.4 Å². The highest BCUT2D eigenvalue weighted by atomic mass is 79.9. The molecule has 0 aliphatic rings. The van der Waals surface area contributed by atoms with Crippen molar-refractivity contribution in [3.8, 4) is 17.6 Å². The summed E-state index contributed by atoms with van der Waals surface area (Å²) in [5.74, 6) is 0.161. The molecule has 1 amide bonds. The average Bonchev–Trinajstić information content (AvgIpc) is 2.66. The topological polar surface area (TPSA) is 71.3 Å². The van der Waals surface area contributed by atoms with Gasteiger partial charge >= 0.3 is 0 Å². The van der Waals surface area contributed by atoms with Crippen LogP contribution >= 0.6 is 15.9 Å². The van der Waals surface area contributed by atoms with Crippen molar-refractivity contribution >= 4 is 27.9 Å². The molecule has 0 saturated heterocycles. The Balaban J connectivity index is 2.26. The highest BCUT2D eigenvalue weighted by Gasteiger charge is 2.14. The number of carbonyl (C=O) groups is 1. The van der Waals surface area contributed by atoms with E-state index in [9.17, 15) is 14.4 Å². The van der Waals surface area contributed by atoms with Crippen molar-refractivity contribution in [2.24, 2.45) is 0 Å². The molecule has 1 N–H and O–H groups in total. The van der Waals surface area contributed by atoms with Crippen molar-refractivity contribution in [3.63, 3.8) is 0 Å². The van der Waals surface area contributed by atoms with E-state index in [1.165, 1.54) is 25.3 Å². The van der Waals surface area contributed by atoms with E-state index in [0.717, 1.165) is 5.56 Å². The molecule has 0 unspecified atom stereocenters. The Labute approximate surface area is 171 Å². The minimum atomic E-state index is -0.444. The third kappa shape index (κ3) is 5.83. The third-order valence-electron chi connectivity index (χ3n) is 3.68. The fourth-order valence-corrected chi connectivity index (χ4v) is 2.76. The zero-order valence-corrected chi connectivity index (χ0v) is 17.3. The second-order valence-corrected chi connectivity index (χ2v) is 7.09. The second-order valence-electron chi connectivity index (χ2n) is 6.24. The Morgan fingerprint density at radius 1 is 1.29 bits per heavy atom. The maximum absolute atomic E-state index is 13.0. The maximum atomic E-state index is 13.0. The van der Waals surface area contributed by atoms with Crippen molar-refractivity contribution in [3.05, 3.63) is 63.4 Å². The SMILES string of the molecule is COc1cc(/C=C(/C#N)C(=O)NC(C)C)c(Br)cc1OCc1ccc(F)cc1. The van der Waals surface area contributed by atoms with Crippen LogP contribution < -0.4 is 14.8 Å². The first-order valence-corrected chi connectivity index (χ1v) is 9.30. The van der Waals surface area contributed by atoms with Crippen LogP contribution in [-0.4, -0.2) is 19.1 Å². The fourth-order valence-electron chi connectivity index (χ4n) is 2.32. The number of ether oxygens (including phenoxy) is 2. The summed E-state index contributed by atoms with van der Waals surface area (Å²) in [6.07, 6.45) is 1.48. The molecule has 2 aromatic rings. The van der Waals surface area contributed by atoms with Gasteiger partial charge in [-0.2, -0.15) is 5.26 Å². The maximum Gasteiger partial charge on any atom is 0.262 e. The third-order valence-corrected chi connectivity index (χ3v) is 4.36. The van der Waals surface area contributed by atoms with E-state index in [0.29, 0.717) is 21.5 Å². The molecule has 0 fully saturated rings. The molecule has 0 aromatic heterocycles. The number of methoxy groups -OCH3 is 1. The summed E-state index contributed by atoms with van der Waals surface area (Å²) in [4.78, 5) is 12.1. The summed E-state index contributed by atoms with van der Waals surface area (Å²) in [7, 11) is 1.50. The van der Waals surface area contributed by atoms with Gasteiger partial charge in [-0.3, -0.25) is 4.79 Å². The minimum absolute atomic E-state index is 0.0172. The lowest BCUT2D eigenvalue weighted by Crippen LogP contribution is -2.30. The molecule has 0 radical (unpaired) electrons. The van der Waals surface area contributed by atoms with Crippen LogP contribution in [0.25, 0.3) is 6.08 Å². The van der Waals surface area contributed by atoms with Crippen molar-refractivity contribution in [2.75, 3.05) is 7.11 Å². The molecule has 0 heterocycles. The summed E-state index contributed by atoms with van der Waals surface area (Å²) in [5, 5.41) is 12.0. The lowest BCUT2D eigenvalue weighted by Gasteiger charge is -2.13. The van der Waals surface area contributed by atoms with Crippen molar-refractivity contribution in [2.45, 2.75) is 26.5 Å².